The van der Waals surface area contributed by atoms with Gasteiger partial charge in [-0.05, 0) is 30.5 Å². The molecule has 0 bridgehead atoms. The summed E-state index contributed by atoms with van der Waals surface area (Å²) in [5.41, 5.74) is 9.43. The minimum absolute atomic E-state index is 0.497. The van der Waals surface area contributed by atoms with E-state index in [1.165, 1.54) is 16.7 Å². The Hall–Kier alpha value is -1.71. The van der Waals surface area contributed by atoms with E-state index in [0.29, 0.717) is 17.5 Å². The van der Waals surface area contributed by atoms with Crippen molar-refractivity contribution in [2.45, 2.75) is 39.4 Å². The van der Waals surface area contributed by atoms with Gasteiger partial charge in [0.25, 0.3) is 0 Å². The van der Waals surface area contributed by atoms with Crippen molar-refractivity contribution < 1.29 is 0 Å². The molecule has 0 saturated carbocycles. The molecule has 0 saturated heterocycles. The van der Waals surface area contributed by atoms with Gasteiger partial charge in [0, 0.05) is 25.6 Å². The lowest BCUT2D eigenvalue weighted by Crippen LogP contribution is -2.29. The third kappa shape index (κ3) is 5.24. The fourth-order valence-corrected chi connectivity index (χ4v) is 2.60. The highest BCUT2D eigenvalue weighted by Crippen LogP contribution is 2.14. The summed E-state index contributed by atoms with van der Waals surface area (Å²) < 4.78 is 0. The van der Waals surface area contributed by atoms with Gasteiger partial charge in [0.05, 0.1) is 4.99 Å². The summed E-state index contributed by atoms with van der Waals surface area (Å²) in [6.45, 7) is 6.39. The lowest BCUT2D eigenvalue weighted by Gasteiger charge is -2.26. The van der Waals surface area contributed by atoms with Crippen LogP contribution in [0.3, 0.4) is 0 Å². The Morgan fingerprint density at radius 1 is 0.909 bits per heavy atom. The molecule has 0 aliphatic carbocycles. The quantitative estimate of drug-likeness (QED) is 0.786. The maximum Gasteiger partial charge on any atom is 0.0771 e. The first-order valence-electron chi connectivity index (χ1n) is 7.68. The molecular formula is C19H24N2S. The predicted octanol–water partition coefficient (Wildman–Crippen LogP) is 3.93. The fraction of sp³-hybridized carbons (Fsp3) is 0.316. The van der Waals surface area contributed by atoms with E-state index in [4.69, 9.17) is 18.0 Å². The molecule has 2 nitrogen and oxygen atoms in total. The predicted molar refractivity (Wildman–Crippen MR) is 97.8 cm³/mol. The number of nitrogens with zero attached hydrogens (tertiary/aromatic N) is 1. The summed E-state index contributed by atoms with van der Waals surface area (Å²) in [5, 5.41) is 0. The zero-order valence-electron chi connectivity index (χ0n) is 13.3. The van der Waals surface area contributed by atoms with Crippen molar-refractivity contribution in [3.8, 4) is 0 Å². The number of nitrogens with two attached hydrogens (primary N) is 1. The van der Waals surface area contributed by atoms with Crippen molar-refractivity contribution in [1.82, 2.24) is 4.90 Å². The van der Waals surface area contributed by atoms with Crippen molar-refractivity contribution in [3.63, 3.8) is 0 Å². The molecule has 0 radical (unpaired) electrons. The number of hydrogen-bond acceptors (Lipinski definition) is 2. The first-order valence-corrected chi connectivity index (χ1v) is 8.09. The maximum atomic E-state index is 5.59. The van der Waals surface area contributed by atoms with Crippen LogP contribution < -0.4 is 5.73 Å². The molecule has 2 rings (SSSR count). The zero-order chi connectivity index (χ0) is 15.9. The van der Waals surface area contributed by atoms with Crippen LogP contribution in [0.25, 0.3) is 0 Å². The zero-order valence-corrected chi connectivity index (χ0v) is 14.1. The third-order valence-electron chi connectivity index (χ3n) is 3.75. The summed E-state index contributed by atoms with van der Waals surface area (Å²) in [7, 11) is 0. The van der Waals surface area contributed by atoms with E-state index in [1.807, 2.05) is 0 Å². The summed E-state index contributed by atoms with van der Waals surface area (Å²) in [5.74, 6) is 0. The van der Waals surface area contributed by atoms with Gasteiger partial charge in [0.15, 0.2) is 0 Å². The Labute approximate surface area is 139 Å². The molecule has 0 amide bonds. The van der Waals surface area contributed by atoms with Crippen LogP contribution >= 0.6 is 12.2 Å². The summed E-state index contributed by atoms with van der Waals surface area (Å²) in [4.78, 5) is 3.01. The molecule has 0 unspecified atom stereocenters. The smallest absolute Gasteiger partial charge is 0.0771 e. The van der Waals surface area contributed by atoms with E-state index >= 15 is 0 Å². The molecule has 116 valence electrons. The van der Waals surface area contributed by atoms with Gasteiger partial charge in [-0.25, -0.2) is 0 Å². The highest BCUT2D eigenvalue weighted by molar-refractivity contribution is 7.80. The van der Waals surface area contributed by atoms with Gasteiger partial charge in [-0.2, -0.15) is 0 Å². The van der Waals surface area contributed by atoms with Crippen LogP contribution in [0, 0.1) is 0 Å². The molecule has 2 aromatic rings. The van der Waals surface area contributed by atoms with Gasteiger partial charge in [-0.1, -0.05) is 66.8 Å². The second-order valence-electron chi connectivity index (χ2n) is 5.94. The van der Waals surface area contributed by atoms with Crippen LogP contribution in [0.2, 0.25) is 0 Å². The SMILES string of the molecule is CC(C)N(Cc1ccccc1)Cc1ccc(CC(N)=S)cc1. The van der Waals surface area contributed by atoms with Crippen LogP contribution in [0.15, 0.2) is 54.6 Å². The Morgan fingerprint density at radius 2 is 1.41 bits per heavy atom. The van der Waals surface area contributed by atoms with Crippen molar-refractivity contribution in [2.75, 3.05) is 0 Å². The second kappa shape index (κ2) is 8.06. The molecule has 0 spiro atoms. The second-order valence-corrected chi connectivity index (χ2v) is 6.47. The molecular weight excluding hydrogens is 288 g/mol. The van der Waals surface area contributed by atoms with Crippen molar-refractivity contribution >= 4 is 17.2 Å². The van der Waals surface area contributed by atoms with E-state index in [0.717, 1.165) is 13.1 Å². The number of benzene rings is 2. The molecule has 0 aliphatic heterocycles. The van der Waals surface area contributed by atoms with E-state index in [9.17, 15) is 0 Å². The number of thiocarbonyl (C=S) groups is 1. The Balaban J connectivity index is 2.03. The van der Waals surface area contributed by atoms with Crippen LogP contribution in [0.1, 0.15) is 30.5 Å². The molecule has 2 N–H and O–H groups in total. The van der Waals surface area contributed by atoms with Crippen LogP contribution in [-0.4, -0.2) is 15.9 Å². The molecule has 22 heavy (non-hydrogen) atoms. The molecule has 0 aromatic heterocycles. The first kappa shape index (κ1) is 16.7. The number of rotatable bonds is 7. The first-order chi connectivity index (χ1) is 10.5. The topological polar surface area (TPSA) is 29.3 Å². The lowest BCUT2D eigenvalue weighted by atomic mass is 10.1. The number of hydrogen-bond donors (Lipinski definition) is 1. The van der Waals surface area contributed by atoms with E-state index in [-0.39, 0.29) is 0 Å². The van der Waals surface area contributed by atoms with Gasteiger partial charge >= 0.3 is 0 Å². The molecule has 0 aliphatic rings. The van der Waals surface area contributed by atoms with Gasteiger partial charge in [-0.3, -0.25) is 4.90 Å². The highest BCUT2D eigenvalue weighted by atomic mass is 32.1. The van der Waals surface area contributed by atoms with Crippen LogP contribution in [0.4, 0.5) is 0 Å². The van der Waals surface area contributed by atoms with E-state index in [1.54, 1.807) is 0 Å². The lowest BCUT2D eigenvalue weighted by molar-refractivity contribution is 0.203. The average molecular weight is 312 g/mol. The Morgan fingerprint density at radius 3 is 1.91 bits per heavy atom. The summed E-state index contributed by atoms with van der Waals surface area (Å²) in [6, 6.07) is 19.7. The van der Waals surface area contributed by atoms with E-state index < -0.39 is 0 Å². The summed E-state index contributed by atoms with van der Waals surface area (Å²) in [6.07, 6.45) is 0.674. The van der Waals surface area contributed by atoms with Gasteiger partial charge in [0.1, 0.15) is 0 Å². The Bertz CT molecular complexity index is 591. The fourth-order valence-electron chi connectivity index (χ4n) is 2.44. The van der Waals surface area contributed by atoms with Crippen LogP contribution in [0.5, 0.6) is 0 Å². The monoisotopic (exact) mass is 312 g/mol. The summed E-state index contributed by atoms with van der Waals surface area (Å²) >= 11 is 4.96. The minimum atomic E-state index is 0.497. The normalized spacial score (nSPS) is 11.1. The third-order valence-corrected chi connectivity index (χ3v) is 3.89. The van der Waals surface area contributed by atoms with E-state index in [2.05, 4.69) is 73.3 Å². The van der Waals surface area contributed by atoms with Gasteiger partial charge < -0.3 is 5.73 Å². The van der Waals surface area contributed by atoms with Gasteiger partial charge in [0.2, 0.25) is 0 Å². The van der Waals surface area contributed by atoms with Crippen LogP contribution in [-0.2, 0) is 19.5 Å². The average Bonchev–Trinajstić information content (AvgIpc) is 2.49. The maximum absolute atomic E-state index is 5.59. The molecule has 0 fully saturated rings. The van der Waals surface area contributed by atoms with Gasteiger partial charge in [-0.15, -0.1) is 0 Å². The highest BCUT2D eigenvalue weighted by Gasteiger charge is 2.11. The van der Waals surface area contributed by atoms with Crippen molar-refractivity contribution in [2.24, 2.45) is 5.73 Å². The molecule has 2 aromatic carbocycles. The Kier molecular flexibility index (Phi) is 6.10. The molecule has 3 heteroatoms. The standard InChI is InChI=1S/C19H24N2S/c1-15(2)21(13-17-6-4-3-5-7-17)14-18-10-8-16(9-11-18)12-19(20)22/h3-11,15H,12-14H2,1-2H3,(H2,20,22). The molecule has 0 atom stereocenters. The largest absolute Gasteiger partial charge is 0.393 e. The minimum Gasteiger partial charge on any atom is -0.393 e. The van der Waals surface area contributed by atoms with Crippen molar-refractivity contribution in [1.29, 1.82) is 0 Å². The molecule has 0 heterocycles. The van der Waals surface area contributed by atoms with Crippen molar-refractivity contribution in [3.05, 3.63) is 71.3 Å².